The first-order chi connectivity index (χ1) is 7.50. The highest BCUT2D eigenvalue weighted by atomic mass is 32.2. The molecule has 2 unspecified atom stereocenters. The van der Waals surface area contributed by atoms with Gasteiger partial charge in [-0.1, -0.05) is 11.8 Å². The van der Waals surface area contributed by atoms with E-state index in [1.807, 2.05) is 0 Å². The number of carbonyl (C=O) groups is 1. The number of aliphatic hydroxyl groups excluding tert-OH is 2. The first-order valence-electron chi connectivity index (χ1n) is 4.57. The lowest BCUT2D eigenvalue weighted by Gasteiger charge is -2.15. The van der Waals surface area contributed by atoms with Gasteiger partial charge in [-0.25, -0.2) is 4.98 Å². The lowest BCUT2D eigenvalue weighted by Crippen LogP contribution is -2.22. The van der Waals surface area contributed by atoms with Crippen molar-refractivity contribution in [1.82, 2.24) is 9.97 Å². The van der Waals surface area contributed by atoms with Crippen molar-refractivity contribution in [3.05, 3.63) is 18.1 Å². The Hall–Kier alpha value is -1.18. The maximum atomic E-state index is 10.7. The standard InChI is InChI=1S/C9H13N3O3S/c1-5(13)16-4-7(14)9(15)6-2-12-8(10)3-11-6/h2-3,7,9,14-15H,4H2,1H3,(H2,10,12). The van der Waals surface area contributed by atoms with Crippen molar-refractivity contribution >= 4 is 22.7 Å². The Kier molecular flexibility index (Phi) is 4.66. The van der Waals surface area contributed by atoms with E-state index in [4.69, 9.17) is 5.73 Å². The number of nitrogens with two attached hydrogens (primary N) is 1. The average Bonchev–Trinajstić information content (AvgIpc) is 2.26. The number of aliphatic hydroxyl groups is 2. The van der Waals surface area contributed by atoms with Crippen molar-refractivity contribution in [3.63, 3.8) is 0 Å². The molecule has 2 atom stereocenters. The van der Waals surface area contributed by atoms with E-state index in [-0.39, 0.29) is 22.4 Å². The molecular formula is C9H13N3O3S. The summed E-state index contributed by atoms with van der Waals surface area (Å²) in [6.07, 6.45) is 0.358. The number of thioether (sulfide) groups is 1. The molecule has 0 bridgehead atoms. The monoisotopic (exact) mass is 243 g/mol. The van der Waals surface area contributed by atoms with Gasteiger partial charge in [-0.3, -0.25) is 9.78 Å². The van der Waals surface area contributed by atoms with Crippen molar-refractivity contribution in [3.8, 4) is 0 Å². The molecule has 1 aromatic heterocycles. The minimum Gasteiger partial charge on any atom is -0.389 e. The van der Waals surface area contributed by atoms with Crippen LogP contribution in [0, 0.1) is 0 Å². The number of hydrogen-bond donors (Lipinski definition) is 3. The van der Waals surface area contributed by atoms with Crippen LogP contribution in [-0.4, -0.2) is 37.2 Å². The molecule has 0 aliphatic rings. The lowest BCUT2D eigenvalue weighted by atomic mass is 10.2. The predicted molar refractivity (Wildman–Crippen MR) is 60.6 cm³/mol. The highest BCUT2D eigenvalue weighted by Crippen LogP contribution is 2.17. The Balaban J connectivity index is 2.59. The molecule has 0 fully saturated rings. The van der Waals surface area contributed by atoms with Gasteiger partial charge in [0, 0.05) is 12.7 Å². The number of rotatable bonds is 4. The average molecular weight is 243 g/mol. The highest BCUT2D eigenvalue weighted by molar-refractivity contribution is 8.13. The Morgan fingerprint density at radius 2 is 2.19 bits per heavy atom. The van der Waals surface area contributed by atoms with Gasteiger partial charge in [-0.2, -0.15) is 0 Å². The third-order valence-electron chi connectivity index (χ3n) is 1.82. The SMILES string of the molecule is CC(=O)SCC(O)C(O)c1cnc(N)cn1. The van der Waals surface area contributed by atoms with Crippen LogP contribution in [0.15, 0.2) is 12.4 Å². The number of carbonyl (C=O) groups excluding carboxylic acids is 1. The van der Waals surface area contributed by atoms with Crippen LogP contribution < -0.4 is 5.73 Å². The fraction of sp³-hybridized carbons (Fsp3) is 0.444. The van der Waals surface area contributed by atoms with Gasteiger partial charge in [0.1, 0.15) is 11.9 Å². The number of aromatic nitrogens is 2. The van der Waals surface area contributed by atoms with E-state index < -0.39 is 12.2 Å². The summed E-state index contributed by atoms with van der Waals surface area (Å²) in [5.74, 6) is 0.353. The van der Waals surface area contributed by atoms with E-state index >= 15 is 0 Å². The molecule has 0 radical (unpaired) electrons. The smallest absolute Gasteiger partial charge is 0.185 e. The van der Waals surface area contributed by atoms with Gasteiger partial charge in [-0.05, 0) is 0 Å². The second-order valence-corrected chi connectivity index (χ2v) is 4.38. The molecule has 0 aliphatic heterocycles. The second-order valence-electron chi connectivity index (χ2n) is 3.18. The predicted octanol–water partition coefficient (Wildman–Crippen LogP) is -0.267. The first kappa shape index (κ1) is 12.9. The quantitative estimate of drug-likeness (QED) is 0.668. The Morgan fingerprint density at radius 1 is 1.50 bits per heavy atom. The Morgan fingerprint density at radius 3 is 2.69 bits per heavy atom. The fourth-order valence-electron chi connectivity index (χ4n) is 0.992. The summed E-state index contributed by atoms with van der Waals surface area (Å²) in [5, 5.41) is 19.1. The molecule has 0 aliphatic carbocycles. The van der Waals surface area contributed by atoms with Crippen molar-refractivity contribution in [1.29, 1.82) is 0 Å². The Labute approximate surface area is 96.9 Å². The molecule has 4 N–H and O–H groups in total. The van der Waals surface area contributed by atoms with Crippen LogP contribution in [0.4, 0.5) is 5.82 Å². The first-order valence-corrected chi connectivity index (χ1v) is 5.56. The molecule has 16 heavy (non-hydrogen) atoms. The van der Waals surface area contributed by atoms with E-state index in [9.17, 15) is 15.0 Å². The van der Waals surface area contributed by atoms with E-state index in [1.54, 1.807) is 0 Å². The molecule has 1 rings (SSSR count). The molecule has 1 heterocycles. The highest BCUT2D eigenvalue weighted by Gasteiger charge is 2.20. The third-order valence-corrected chi connectivity index (χ3v) is 2.73. The molecular weight excluding hydrogens is 230 g/mol. The van der Waals surface area contributed by atoms with Crippen LogP contribution in [-0.2, 0) is 4.79 Å². The zero-order valence-electron chi connectivity index (χ0n) is 8.70. The number of anilines is 1. The summed E-state index contributed by atoms with van der Waals surface area (Å²) >= 11 is 0.944. The summed E-state index contributed by atoms with van der Waals surface area (Å²) < 4.78 is 0. The fourth-order valence-corrected chi connectivity index (χ4v) is 1.58. The van der Waals surface area contributed by atoms with Gasteiger partial charge in [0.05, 0.1) is 24.2 Å². The molecule has 0 aromatic carbocycles. The topological polar surface area (TPSA) is 109 Å². The van der Waals surface area contributed by atoms with Crippen LogP contribution in [0.3, 0.4) is 0 Å². The minimum absolute atomic E-state index is 0.114. The van der Waals surface area contributed by atoms with E-state index in [2.05, 4.69) is 9.97 Å². The zero-order valence-corrected chi connectivity index (χ0v) is 9.52. The lowest BCUT2D eigenvalue weighted by molar-refractivity contribution is -0.109. The summed E-state index contributed by atoms with van der Waals surface area (Å²) in [6, 6.07) is 0. The maximum Gasteiger partial charge on any atom is 0.185 e. The van der Waals surface area contributed by atoms with Crippen LogP contribution in [0.2, 0.25) is 0 Å². The maximum absolute atomic E-state index is 10.7. The summed E-state index contributed by atoms with van der Waals surface area (Å²) in [5.41, 5.74) is 5.56. The van der Waals surface area contributed by atoms with Crippen molar-refractivity contribution in [2.75, 3.05) is 11.5 Å². The minimum atomic E-state index is -1.17. The van der Waals surface area contributed by atoms with Gasteiger partial charge in [0.25, 0.3) is 0 Å². The third kappa shape index (κ3) is 3.76. The van der Waals surface area contributed by atoms with Gasteiger partial charge in [0.15, 0.2) is 5.12 Å². The number of hydrogen-bond acceptors (Lipinski definition) is 7. The van der Waals surface area contributed by atoms with Crippen LogP contribution >= 0.6 is 11.8 Å². The molecule has 88 valence electrons. The summed E-state index contributed by atoms with van der Waals surface area (Å²) in [7, 11) is 0. The molecule has 6 nitrogen and oxygen atoms in total. The van der Waals surface area contributed by atoms with Crippen LogP contribution in [0.5, 0.6) is 0 Å². The number of nitrogens with zero attached hydrogens (tertiary/aromatic N) is 2. The van der Waals surface area contributed by atoms with Gasteiger partial charge in [-0.15, -0.1) is 0 Å². The molecule has 7 heteroatoms. The number of nitrogen functional groups attached to an aromatic ring is 1. The molecule has 0 spiro atoms. The van der Waals surface area contributed by atoms with Crippen molar-refractivity contribution < 1.29 is 15.0 Å². The van der Waals surface area contributed by atoms with Crippen LogP contribution in [0.1, 0.15) is 18.7 Å². The van der Waals surface area contributed by atoms with Crippen LogP contribution in [0.25, 0.3) is 0 Å². The largest absolute Gasteiger partial charge is 0.389 e. The summed E-state index contributed by atoms with van der Waals surface area (Å²) in [6.45, 7) is 1.40. The van der Waals surface area contributed by atoms with Gasteiger partial charge in [0.2, 0.25) is 0 Å². The van der Waals surface area contributed by atoms with Crippen molar-refractivity contribution in [2.45, 2.75) is 19.1 Å². The second kappa shape index (κ2) is 5.78. The zero-order chi connectivity index (χ0) is 12.1. The molecule has 0 amide bonds. The molecule has 1 aromatic rings. The van der Waals surface area contributed by atoms with Gasteiger partial charge < -0.3 is 15.9 Å². The van der Waals surface area contributed by atoms with E-state index in [1.165, 1.54) is 19.3 Å². The molecule has 0 saturated heterocycles. The Bertz CT molecular complexity index is 358. The van der Waals surface area contributed by atoms with Crippen molar-refractivity contribution in [2.24, 2.45) is 0 Å². The van der Waals surface area contributed by atoms with Gasteiger partial charge >= 0.3 is 0 Å². The normalized spacial score (nSPS) is 14.4. The van der Waals surface area contributed by atoms with E-state index in [0.717, 1.165) is 11.8 Å². The van der Waals surface area contributed by atoms with E-state index in [0.29, 0.717) is 0 Å². The molecule has 0 saturated carbocycles. The summed E-state index contributed by atoms with van der Waals surface area (Å²) in [4.78, 5) is 18.3.